The van der Waals surface area contributed by atoms with Crippen LogP contribution in [0, 0.1) is 11.8 Å². The summed E-state index contributed by atoms with van der Waals surface area (Å²) in [5.74, 6) is 1.67. The molecule has 0 aromatic carbocycles. The lowest BCUT2D eigenvalue weighted by atomic mass is 9.83. The Morgan fingerprint density at radius 3 is 2.53 bits per heavy atom. The summed E-state index contributed by atoms with van der Waals surface area (Å²) >= 11 is 0. The van der Waals surface area contributed by atoms with Crippen molar-refractivity contribution in [1.82, 2.24) is 4.90 Å². The zero-order chi connectivity index (χ0) is 12.3. The second kappa shape index (κ2) is 5.99. The predicted molar refractivity (Wildman–Crippen MR) is 71.0 cm³/mol. The topological polar surface area (TPSA) is 20.3 Å². The van der Waals surface area contributed by atoms with Gasteiger partial charge < -0.3 is 4.90 Å². The molecule has 2 aliphatic rings. The fourth-order valence-electron chi connectivity index (χ4n) is 3.68. The normalized spacial score (nSPS) is 35.2. The van der Waals surface area contributed by atoms with E-state index in [0.29, 0.717) is 11.7 Å². The highest BCUT2D eigenvalue weighted by Gasteiger charge is 2.29. The van der Waals surface area contributed by atoms with Gasteiger partial charge in [-0.15, -0.1) is 0 Å². The van der Waals surface area contributed by atoms with Crippen LogP contribution in [0.3, 0.4) is 0 Å². The summed E-state index contributed by atoms with van der Waals surface area (Å²) in [6.07, 6.45) is 9.81. The molecule has 0 heterocycles. The first-order chi connectivity index (χ1) is 8.18. The maximum atomic E-state index is 11.9. The molecule has 0 aliphatic heterocycles. The minimum absolute atomic E-state index is 0.336. The van der Waals surface area contributed by atoms with Gasteiger partial charge in [0.1, 0.15) is 5.78 Å². The largest absolute Gasteiger partial charge is 0.302 e. The summed E-state index contributed by atoms with van der Waals surface area (Å²) in [4.78, 5) is 14.4. The Morgan fingerprint density at radius 1 is 1.12 bits per heavy atom. The fraction of sp³-hybridized carbons (Fsp3) is 0.933. The lowest BCUT2D eigenvalue weighted by molar-refractivity contribution is -0.125. The molecule has 0 spiro atoms. The van der Waals surface area contributed by atoms with Crippen LogP contribution in [0.1, 0.15) is 58.3 Å². The molecule has 0 aromatic heterocycles. The van der Waals surface area contributed by atoms with Crippen LogP contribution >= 0.6 is 0 Å². The molecule has 2 saturated carbocycles. The Hall–Kier alpha value is -0.370. The number of nitrogens with zero attached hydrogens (tertiary/aromatic N) is 1. The molecule has 0 amide bonds. The zero-order valence-electron chi connectivity index (χ0n) is 11.5. The Labute approximate surface area is 106 Å². The fourth-order valence-corrected chi connectivity index (χ4v) is 3.68. The maximum Gasteiger partial charge on any atom is 0.137 e. The number of hydrogen-bond donors (Lipinski definition) is 0. The summed E-state index contributed by atoms with van der Waals surface area (Å²) in [6, 6.07) is 0.721. The van der Waals surface area contributed by atoms with E-state index in [2.05, 4.69) is 18.9 Å². The molecule has 3 atom stereocenters. The van der Waals surface area contributed by atoms with Crippen molar-refractivity contribution in [2.24, 2.45) is 11.8 Å². The van der Waals surface area contributed by atoms with Gasteiger partial charge in [0, 0.05) is 24.9 Å². The molecule has 3 unspecified atom stereocenters. The molecule has 98 valence electrons. The third kappa shape index (κ3) is 3.31. The van der Waals surface area contributed by atoms with Crippen LogP contribution in [0.25, 0.3) is 0 Å². The van der Waals surface area contributed by atoms with Crippen molar-refractivity contribution in [2.75, 3.05) is 13.6 Å². The molecular formula is C15H27NO. The molecule has 2 rings (SSSR count). The van der Waals surface area contributed by atoms with Crippen LogP contribution in [0.2, 0.25) is 0 Å². The van der Waals surface area contributed by atoms with Gasteiger partial charge in [-0.2, -0.15) is 0 Å². The number of ketones is 1. The predicted octanol–water partition coefficient (Wildman–Crippen LogP) is 3.26. The smallest absolute Gasteiger partial charge is 0.137 e. The minimum atomic E-state index is 0.336. The summed E-state index contributed by atoms with van der Waals surface area (Å²) in [5, 5.41) is 0. The van der Waals surface area contributed by atoms with E-state index in [1.54, 1.807) is 0 Å². The summed E-state index contributed by atoms with van der Waals surface area (Å²) in [7, 11) is 2.23. The van der Waals surface area contributed by atoms with Crippen molar-refractivity contribution in [3.05, 3.63) is 0 Å². The Morgan fingerprint density at radius 2 is 1.82 bits per heavy atom. The van der Waals surface area contributed by atoms with Crippen LogP contribution < -0.4 is 0 Å². The molecule has 0 radical (unpaired) electrons. The highest BCUT2D eigenvalue weighted by Crippen LogP contribution is 2.29. The van der Waals surface area contributed by atoms with Gasteiger partial charge in [0.05, 0.1) is 0 Å². The zero-order valence-corrected chi connectivity index (χ0v) is 11.5. The first-order valence-electron chi connectivity index (χ1n) is 7.41. The molecule has 0 bridgehead atoms. The summed E-state index contributed by atoms with van der Waals surface area (Å²) < 4.78 is 0. The van der Waals surface area contributed by atoms with E-state index in [-0.39, 0.29) is 0 Å². The van der Waals surface area contributed by atoms with Gasteiger partial charge in [0.25, 0.3) is 0 Å². The van der Waals surface area contributed by atoms with Crippen LogP contribution in [0.15, 0.2) is 0 Å². The average Bonchev–Trinajstić information content (AvgIpc) is 2.32. The van der Waals surface area contributed by atoms with Gasteiger partial charge >= 0.3 is 0 Å². The lowest BCUT2D eigenvalue weighted by Gasteiger charge is -2.38. The van der Waals surface area contributed by atoms with Crippen molar-refractivity contribution in [1.29, 1.82) is 0 Å². The third-order valence-electron chi connectivity index (χ3n) is 4.82. The molecular weight excluding hydrogens is 210 g/mol. The first kappa shape index (κ1) is 13.1. The van der Waals surface area contributed by atoms with Crippen LogP contribution in [0.4, 0.5) is 0 Å². The second-order valence-electron chi connectivity index (χ2n) is 6.18. The molecule has 2 nitrogen and oxygen atoms in total. The molecule has 2 fully saturated rings. The van der Waals surface area contributed by atoms with Crippen LogP contribution in [-0.4, -0.2) is 30.3 Å². The van der Waals surface area contributed by atoms with Gasteiger partial charge in [0.2, 0.25) is 0 Å². The van der Waals surface area contributed by atoms with E-state index in [1.165, 1.54) is 32.1 Å². The number of hydrogen-bond acceptors (Lipinski definition) is 2. The van der Waals surface area contributed by atoms with Gasteiger partial charge in [-0.05, 0) is 38.6 Å². The first-order valence-corrected chi connectivity index (χ1v) is 7.41. The monoisotopic (exact) mass is 237 g/mol. The van der Waals surface area contributed by atoms with E-state index >= 15 is 0 Å². The third-order valence-corrected chi connectivity index (χ3v) is 4.82. The number of rotatable bonds is 3. The second-order valence-corrected chi connectivity index (χ2v) is 6.18. The van der Waals surface area contributed by atoms with E-state index in [9.17, 15) is 4.79 Å². The highest BCUT2D eigenvalue weighted by molar-refractivity contribution is 5.81. The van der Waals surface area contributed by atoms with Gasteiger partial charge in [0.15, 0.2) is 0 Å². The van der Waals surface area contributed by atoms with E-state index < -0.39 is 0 Å². The van der Waals surface area contributed by atoms with Gasteiger partial charge in [-0.1, -0.05) is 26.2 Å². The van der Waals surface area contributed by atoms with E-state index in [0.717, 1.165) is 37.8 Å². The minimum Gasteiger partial charge on any atom is -0.302 e. The lowest BCUT2D eigenvalue weighted by Crippen LogP contribution is -2.43. The molecule has 0 N–H and O–H groups in total. The SMILES string of the molecule is CC1CCCCC1N(C)CC1CCCCC1=O. The average molecular weight is 237 g/mol. The molecule has 0 aromatic rings. The molecule has 2 heteroatoms. The van der Waals surface area contributed by atoms with E-state index in [1.807, 2.05) is 0 Å². The number of Topliss-reactive ketones (excluding diaryl/α,β-unsaturated/α-hetero) is 1. The Kier molecular flexibility index (Phi) is 4.61. The molecule has 2 aliphatic carbocycles. The van der Waals surface area contributed by atoms with E-state index in [4.69, 9.17) is 0 Å². The Balaban J connectivity index is 1.86. The number of carbonyl (C=O) groups is 1. The summed E-state index contributed by atoms with van der Waals surface area (Å²) in [6.45, 7) is 3.39. The van der Waals surface area contributed by atoms with Gasteiger partial charge in [-0.25, -0.2) is 0 Å². The van der Waals surface area contributed by atoms with Crippen molar-refractivity contribution in [2.45, 2.75) is 64.3 Å². The highest BCUT2D eigenvalue weighted by atomic mass is 16.1. The maximum absolute atomic E-state index is 11.9. The Bertz CT molecular complexity index is 264. The van der Waals surface area contributed by atoms with Gasteiger partial charge in [-0.3, -0.25) is 4.79 Å². The van der Waals surface area contributed by atoms with Crippen molar-refractivity contribution in [3.63, 3.8) is 0 Å². The molecule has 17 heavy (non-hydrogen) atoms. The molecule has 0 saturated heterocycles. The quantitative estimate of drug-likeness (QED) is 0.751. The van der Waals surface area contributed by atoms with Crippen molar-refractivity contribution in [3.8, 4) is 0 Å². The van der Waals surface area contributed by atoms with Crippen LogP contribution in [-0.2, 0) is 4.79 Å². The number of carbonyl (C=O) groups excluding carboxylic acids is 1. The van der Waals surface area contributed by atoms with Crippen molar-refractivity contribution < 1.29 is 4.79 Å². The van der Waals surface area contributed by atoms with Crippen molar-refractivity contribution >= 4 is 5.78 Å². The standard InChI is InChI=1S/C15H27NO/c1-12-7-3-5-9-14(12)16(2)11-13-8-4-6-10-15(13)17/h12-14H,3-11H2,1-2H3. The summed E-state index contributed by atoms with van der Waals surface area (Å²) in [5.41, 5.74) is 0. The van der Waals surface area contributed by atoms with Crippen LogP contribution in [0.5, 0.6) is 0 Å².